The van der Waals surface area contributed by atoms with Gasteiger partial charge in [0.25, 0.3) is 0 Å². The molecule has 0 saturated heterocycles. The van der Waals surface area contributed by atoms with Gasteiger partial charge in [0.05, 0.1) is 5.52 Å². The van der Waals surface area contributed by atoms with Crippen LogP contribution < -0.4 is 5.32 Å². The summed E-state index contributed by atoms with van der Waals surface area (Å²) in [7, 11) is 0. The number of nitrogens with zero attached hydrogens (tertiary/aromatic N) is 1. The number of rotatable bonds is 3. The predicted octanol–water partition coefficient (Wildman–Crippen LogP) is 5.00. The second kappa shape index (κ2) is 5.49. The molecule has 0 radical (unpaired) electrons. The highest BCUT2D eigenvalue weighted by atomic mass is 14.9. The number of benzene rings is 3. The third kappa shape index (κ3) is 2.29. The largest absolute Gasteiger partial charge is 0.380 e. The normalized spacial score (nSPS) is 10.9. The maximum atomic E-state index is 4.59. The molecular formula is C20H16N2. The van der Waals surface area contributed by atoms with Crippen LogP contribution in [0.2, 0.25) is 0 Å². The van der Waals surface area contributed by atoms with Crippen LogP contribution in [0.25, 0.3) is 21.7 Å². The average Bonchev–Trinajstić information content (AvgIpc) is 2.60. The van der Waals surface area contributed by atoms with Crippen molar-refractivity contribution in [2.75, 3.05) is 5.32 Å². The van der Waals surface area contributed by atoms with E-state index in [-0.39, 0.29) is 0 Å². The van der Waals surface area contributed by atoms with Gasteiger partial charge in [-0.25, -0.2) is 0 Å². The first-order valence-electron chi connectivity index (χ1n) is 7.46. The van der Waals surface area contributed by atoms with Crippen molar-refractivity contribution in [3.8, 4) is 0 Å². The molecule has 22 heavy (non-hydrogen) atoms. The molecular weight excluding hydrogens is 268 g/mol. The standard InChI is InChI=1S/C20H16N2/c1-2-6-15(7-3-1)14-22-18-10-4-8-16-11-12-17-9-5-13-21-20(17)19(16)18/h1-13,22H,14H2. The number of hydrogen-bond donors (Lipinski definition) is 1. The minimum atomic E-state index is 0.809. The van der Waals surface area contributed by atoms with E-state index in [1.165, 1.54) is 21.7 Å². The van der Waals surface area contributed by atoms with E-state index in [9.17, 15) is 0 Å². The number of nitrogens with one attached hydrogen (secondary N) is 1. The first kappa shape index (κ1) is 12.8. The summed E-state index contributed by atoms with van der Waals surface area (Å²) in [5.74, 6) is 0. The summed E-state index contributed by atoms with van der Waals surface area (Å²) >= 11 is 0. The van der Waals surface area contributed by atoms with Gasteiger partial charge in [-0.15, -0.1) is 0 Å². The fourth-order valence-electron chi connectivity index (χ4n) is 2.85. The lowest BCUT2D eigenvalue weighted by Crippen LogP contribution is -2.00. The molecule has 0 aliphatic heterocycles. The van der Waals surface area contributed by atoms with Gasteiger partial charge in [0, 0.05) is 29.2 Å². The molecule has 4 rings (SSSR count). The average molecular weight is 284 g/mol. The minimum absolute atomic E-state index is 0.809. The molecule has 0 saturated carbocycles. The molecule has 106 valence electrons. The Bertz CT molecular complexity index is 930. The Labute approximate surface area is 129 Å². The summed E-state index contributed by atoms with van der Waals surface area (Å²) in [5, 5.41) is 7.13. The van der Waals surface area contributed by atoms with Crippen LogP contribution in [0.4, 0.5) is 5.69 Å². The molecule has 0 fully saturated rings. The third-order valence-electron chi connectivity index (χ3n) is 3.94. The van der Waals surface area contributed by atoms with Crippen molar-refractivity contribution < 1.29 is 0 Å². The van der Waals surface area contributed by atoms with Crippen molar-refractivity contribution >= 4 is 27.4 Å². The molecule has 0 amide bonds. The fourth-order valence-corrected chi connectivity index (χ4v) is 2.85. The van der Waals surface area contributed by atoms with Crippen LogP contribution in [0, 0.1) is 0 Å². The maximum Gasteiger partial charge on any atom is 0.0801 e. The van der Waals surface area contributed by atoms with Crippen LogP contribution in [0.3, 0.4) is 0 Å². The van der Waals surface area contributed by atoms with E-state index >= 15 is 0 Å². The van der Waals surface area contributed by atoms with Crippen LogP contribution in [0.1, 0.15) is 5.56 Å². The van der Waals surface area contributed by atoms with Crippen LogP contribution in [0.5, 0.6) is 0 Å². The summed E-state index contributed by atoms with van der Waals surface area (Å²) in [6.07, 6.45) is 1.86. The molecule has 0 bridgehead atoms. The van der Waals surface area contributed by atoms with Crippen molar-refractivity contribution in [1.29, 1.82) is 0 Å². The zero-order chi connectivity index (χ0) is 14.8. The van der Waals surface area contributed by atoms with E-state index in [1.54, 1.807) is 0 Å². The van der Waals surface area contributed by atoms with E-state index in [4.69, 9.17) is 0 Å². The van der Waals surface area contributed by atoms with Crippen molar-refractivity contribution in [3.05, 3.63) is 84.6 Å². The van der Waals surface area contributed by atoms with Gasteiger partial charge in [-0.1, -0.05) is 60.7 Å². The summed E-state index contributed by atoms with van der Waals surface area (Å²) in [6, 6.07) is 25.2. The van der Waals surface area contributed by atoms with Gasteiger partial charge < -0.3 is 5.32 Å². The van der Waals surface area contributed by atoms with Crippen LogP contribution in [-0.2, 0) is 6.54 Å². The SMILES string of the molecule is c1ccc(CNc2cccc3ccc4cccnc4c23)cc1. The number of hydrogen-bond acceptors (Lipinski definition) is 2. The Kier molecular flexibility index (Phi) is 3.20. The molecule has 0 unspecified atom stereocenters. The summed E-state index contributed by atoms with van der Waals surface area (Å²) < 4.78 is 0. The third-order valence-corrected chi connectivity index (χ3v) is 3.94. The molecule has 1 heterocycles. The second-order valence-corrected chi connectivity index (χ2v) is 5.38. The molecule has 3 aromatic carbocycles. The van der Waals surface area contributed by atoms with Gasteiger partial charge in [-0.3, -0.25) is 4.98 Å². The van der Waals surface area contributed by atoms with Gasteiger partial charge in [-0.2, -0.15) is 0 Å². The zero-order valence-corrected chi connectivity index (χ0v) is 12.2. The van der Waals surface area contributed by atoms with E-state index in [0.717, 1.165) is 17.7 Å². The van der Waals surface area contributed by atoms with E-state index in [2.05, 4.69) is 71.0 Å². The number of fused-ring (bicyclic) bond motifs is 3. The molecule has 0 aliphatic rings. The lowest BCUT2D eigenvalue weighted by atomic mass is 10.0. The van der Waals surface area contributed by atoms with E-state index in [0.29, 0.717) is 0 Å². The van der Waals surface area contributed by atoms with Gasteiger partial charge in [-0.05, 0) is 23.1 Å². The molecule has 4 aromatic rings. The highest BCUT2D eigenvalue weighted by molar-refractivity contribution is 6.11. The molecule has 2 heteroatoms. The number of aromatic nitrogens is 1. The van der Waals surface area contributed by atoms with Crippen LogP contribution in [-0.4, -0.2) is 4.98 Å². The first-order valence-corrected chi connectivity index (χ1v) is 7.46. The predicted molar refractivity (Wildman–Crippen MR) is 93.0 cm³/mol. The molecule has 0 spiro atoms. The first-order chi connectivity index (χ1) is 10.9. The lowest BCUT2D eigenvalue weighted by molar-refractivity contribution is 1.15. The smallest absolute Gasteiger partial charge is 0.0801 e. The van der Waals surface area contributed by atoms with Crippen molar-refractivity contribution in [2.24, 2.45) is 0 Å². The summed E-state index contributed by atoms with van der Waals surface area (Å²) in [4.78, 5) is 4.59. The van der Waals surface area contributed by atoms with Gasteiger partial charge >= 0.3 is 0 Å². The topological polar surface area (TPSA) is 24.9 Å². The fraction of sp³-hybridized carbons (Fsp3) is 0.0500. The van der Waals surface area contributed by atoms with Gasteiger partial charge in [0.2, 0.25) is 0 Å². The Balaban J connectivity index is 1.81. The maximum absolute atomic E-state index is 4.59. The highest BCUT2D eigenvalue weighted by Crippen LogP contribution is 2.30. The van der Waals surface area contributed by atoms with E-state index in [1.807, 2.05) is 18.3 Å². The zero-order valence-electron chi connectivity index (χ0n) is 12.2. The van der Waals surface area contributed by atoms with Crippen molar-refractivity contribution in [2.45, 2.75) is 6.54 Å². The second-order valence-electron chi connectivity index (χ2n) is 5.38. The molecule has 1 aromatic heterocycles. The van der Waals surface area contributed by atoms with Crippen LogP contribution >= 0.6 is 0 Å². The Hall–Kier alpha value is -2.87. The minimum Gasteiger partial charge on any atom is -0.380 e. The number of anilines is 1. The highest BCUT2D eigenvalue weighted by Gasteiger charge is 2.06. The molecule has 2 nitrogen and oxygen atoms in total. The summed E-state index contributed by atoms with van der Waals surface area (Å²) in [5.41, 5.74) is 3.45. The van der Waals surface area contributed by atoms with Gasteiger partial charge in [0.15, 0.2) is 0 Å². The van der Waals surface area contributed by atoms with Crippen molar-refractivity contribution in [1.82, 2.24) is 4.98 Å². The molecule has 0 atom stereocenters. The Morgan fingerprint density at radius 3 is 2.45 bits per heavy atom. The van der Waals surface area contributed by atoms with Crippen molar-refractivity contribution in [3.63, 3.8) is 0 Å². The quantitative estimate of drug-likeness (QED) is 0.535. The Morgan fingerprint density at radius 2 is 1.55 bits per heavy atom. The van der Waals surface area contributed by atoms with E-state index < -0.39 is 0 Å². The number of pyridine rings is 1. The summed E-state index contributed by atoms with van der Waals surface area (Å²) in [6.45, 7) is 0.809. The molecule has 1 N–H and O–H groups in total. The Morgan fingerprint density at radius 1 is 0.727 bits per heavy atom. The lowest BCUT2D eigenvalue weighted by Gasteiger charge is -2.11. The van der Waals surface area contributed by atoms with Gasteiger partial charge in [0.1, 0.15) is 0 Å². The molecule has 0 aliphatic carbocycles. The monoisotopic (exact) mass is 284 g/mol. The van der Waals surface area contributed by atoms with Crippen LogP contribution in [0.15, 0.2) is 79.0 Å².